The van der Waals surface area contributed by atoms with Crippen molar-refractivity contribution >= 4 is 28.8 Å². The first kappa shape index (κ1) is 15.1. The van der Waals surface area contributed by atoms with Gasteiger partial charge in [-0.3, -0.25) is 4.79 Å². The summed E-state index contributed by atoms with van der Waals surface area (Å²) in [6, 6.07) is 23.4. The van der Waals surface area contributed by atoms with Crippen molar-refractivity contribution in [1.29, 1.82) is 0 Å². The predicted octanol–water partition coefficient (Wildman–Crippen LogP) is 5.99. The second-order valence-electron chi connectivity index (χ2n) is 4.89. The van der Waals surface area contributed by atoms with Gasteiger partial charge in [0.25, 0.3) is 0 Å². The van der Waals surface area contributed by atoms with Gasteiger partial charge in [0.2, 0.25) is 0 Å². The minimum atomic E-state index is -0.107. The third kappa shape index (κ3) is 3.71. The monoisotopic (exact) mass is 320 g/mol. The van der Waals surface area contributed by atoms with Gasteiger partial charge in [0, 0.05) is 10.6 Å². The van der Waals surface area contributed by atoms with Gasteiger partial charge in [-0.25, -0.2) is 0 Å². The highest BCUT2D eigenvalue weighted by molar-refractivity contribution is 6.30. The Hall–Kier alpha value is -2.78. The molecule has 3 nitrogen and oxygen atoms in total. The topological polar surface area (TPSA) is 41.8 Å². The molecule has 0 unspecified atom stereocenters. The van der Waals surface area contributed by atoms with E-state index in [0.29, 0.717) is 21.8 Å². The number of hydrogen-bond donors (Lipinski definition) is 0. The Kier molecular flexibility index (Phi) is 4.60. The summed E-state index contributed by atoms with van der Waals surface area (Å²) >= 11 is 5.87. The van der Waals surface area contributed by atoms with Crippen LogP contribution < -0.4 is 0 Å². The normalized spacial score (nSPS) is 10.8. The Morgan fingerprint density at radius 3 is 2.13 bits per heavy atom. The molecule has 0 N–H and O–H groups in total. The summed E-state index contributed by atoms with van der Waals surface area (Å²) < 4.78 is 0. The molecule has 3 aromatic rings. The Bertz CT molecular complexity index is 843. The molecule has 112 valence electrons. The van der Waals surface area contributed by atoms with Gasteiger partial charge in [-0.2, -0.15) is 5.11 Å². The van der Waals surface area contributed by atoms with Crippen LogP contribution in [0, 0.1) is 0 Å². The molecular formula is C19H13ClN2O. The Balaban J connectivity index is 1.93. The quantitative estimate of drug-likeness (QED) is 0.430. The highest BCUT2D eigenvalue weighted by atomic mass is 35.5. The van der Waals surface area contributed by atoms with E-state index in [0.717, 1.165) is 5.69 Å². The minimum Gasteiger partial charge on any atom is -0.289 e. The summed E-state index contributed by atoms with van der Waals surface area (Å²) in [7, 11) is 0. The molecule has 0 aliphatic carbocycles. The van der Waals surface area contributed by atoms with Crippen molar-refractivity contribution in [1.82, 2.24) is 0 Å². The lowest BCUT2D eigenvalue weighted by molar-refractivity contribution is 0.103. The van der Waals surface area contributed by atoms with E-state index in [2.05, 4.69) is 10.2 Å². The molecule has 23 heavy (non-hydrogen) atoms. The average Bonchev–Trinajstić information content (AvgIpc) is 2.61. The van der Waals surface area contributed by atoms with Crippen LogP contribution >= 0.6 is 11.6 Å². The smallest absolute Gasteiger partial charge is 0.195 e. The van der Waals surface area contributed by atoms with Gasteiger partial charge in [-0.15, -0.1) is 5.11 Å². The molecule has 0 saturated heterocycles. The van der Waals surface area contributed by atoms with E-state index < -0.39 is 0 Å². The molecule has 0 radical (unpaired) electrons. The zero-order valence-electron chi connectivity index (χ0n) is 12.2. The molecule has 0 spiro atoms. The number of carbonyl (C=O) groups excluding carboxylic acids is 1. The fourth-order valence-corrected chi connectivity index (χ4v) is 2.24. The summed E-state index contributed by atoms with van der Waals surface area (Å²) in [6.07, 6.45) is 0. The Labute approximate surface area is 139 Å². The van der Waals surface area contributed by atoms with Crippen LogP contribution in [0.5, 0.6) is 0 Å². The first-order valence-corrected chi connectivity index (χ1v) is 7.48. The minimum absolute atomic E-state index is 0.107. The van der Waals surface area contributed by atoms with E-state index in [9.17, 15) is 4.79 Å². The second kappa shape index (κ2) is 6.99. The first-order chi connectivity index (χ1) is 11.2. The first-order valence-electron chi connectivity index (χ1n) is 7.10. The third-order valence-corrected chi connectivity index (χ3v) is 3.54. The molecule has 0 saturated carbocycles. The fraction of sp³-hybridized carbons (Fsp3) is 0. The average molecular weight is 321 g/mol. The highest BCUT2D eigenvalue weighted by Gasteiger charge is 2.13. The van der Waals surface area contributed by atoms with Crippen molar-refractivity contribution in [2.24, 2.45) is 10.2 Å². The van der Waals surface area contributed by atoms with E-state index >= 15 is 0 Å². The number of halogens is 1. The van der Waals surface area contributed by atoms with Crippen LogP contribution in [0.1, 0.15) is 15.9 Å². The van der Waals surface area contributed by atoms with Crippen LogP contribution in [0.25, 0.3) is 0 Å². The van der Waals surface area contributed by atoms with Crippen LogP contribution in [-0.4, -0.2) is 5.78 Å². The third-order valence-electron chi connectivity index (χ3n) is 3.28. The number of carbonyl (C=O) groups is 1. The standard InChI is InChI=1S/C19H13ClN2O/c20-15-12-10-14(11-13-15)19(23)17-8-4-5-9-18(17)22-21-16-6-2-1-3-7-16/h1-13H. The van der Waals surface area contributed by atoms with Crippen LogP contribution in [0.15, 0.2) is 89.1 Å². The second-order valence-corrected chi connectivity index (χ2v) is 5.33. The van der Waals surface area contributed by atoms with Gasteiger partial charge >= 0.3 is 0 Å². The maximum absolute atomic E-state index is 12.6. The summed E-state index contributed by atoms with van der Waals surface area (Å²) in [5.74, 6) is -0.107. The Morgan fingerprint density at radius 1 is 0.739 bits per heavy atom. The molecule has 3 rings (SSSR count). The number of azo groups is 1. The van der Waals surface area contributed by atoms with Crippen LogP contribution in [0.2, 0.25) is 5.02 Å². The van der Waals surface area contributed by atoms with E-state index in [4.69, 9.17) is 11.6 Å². The van der Waals surface area contributed by atoms with Gasteiger partial charge in [0.1, 0.15) is 0 Å². The van der Waals surface area contributed by atoms with Gasteiger partial charge < -0.3 is 0 Å². The maximum Gasteiger partial charge on any atom is 0.195 e. The zero-order chi connectivity index (χ0) is 16.1. The SMILES string of the molecule is O=C(c1ccc(Cl)cc1)c1ccccc1N=Nc1ccccc1. The number of benzene rings is 3. The number of nitrogens with zero attached hydrogens (tertiary/aromatic N) is 2. The van der Waals surface area contributed by atoms with Crippen LogP contribution in [0.3, 0.4) is 0 Å². The van der Waals surface area contributed by atoms with Gasteiger partial charge in [-0.05, 0) is 48.5 Å². The zero-order valence-corrected chi connectivity index (χ0v) is 12.9. The van der Waals surface area contributed by atoms with Crippen molar-refractivity contribution in [3.63, 3.8) is 0 Å². The molecule has 4 heteroatoms. The van der Waals surface area contributed by atoms with Crippen LogP contribution in [0.4, 0.5) is 11.4 Å². The summed E-state index contributed by atoms with van der Waals surface area (Å²) in [6.45, 7) is 0. The van der Waals surface area contributed by atoms with Crippen molar-refractivity contribution < 1.29 is 4.79 Å². The van der Waals surface area contributed by atoms with E-state index in [1.54, 1.807) is 36.4 Å². The fourth-order valence-electron chi connectivity index (χ4n) is 2.12. The molecule has 0 aliphatic rings. The number of rotatable bonds is 4. The highest BCUT2D eigenvalue weighted by Crippen LogP contribution is 2.25. The van der Waals surface area contributed by atoms with Gasteiger partial charge in [-0.1, -0.05) is 41.9 Å². The lowest BCUT2D eigenvalue weighted by atomic mass is 10.0. The molecule has 0 amide bonds. The van der Waals surface area contributed by atoms with Gasteiger partial charge in [0.15, 0.2) is 5.78 Å². The molecule has 0 aromatic heterocycles. The molecule has 0 fully saturated rings. The molecule has 0 heterocycles. The molecule has 0 aliphatic heterocycles. The Morgan fingerprint density at radius 2 is 1.39 bits per heavy atom. The van der Waals surface area contributed by atoms with Crippen LogP contribution in [-0.2, 0) is 0 Å². The van der Waals surface area contributed by atoms with E-state index in [1.807, 2.05) is 42.5 Å². The lowest BCUT2D eigenvalue weighted by Gasteiger charge is -2.04. The molecule has 3 aromatic carbocycles. The van der Waals surface area contributed by atoms with Crippen molar-refractivity contribution in [2.45, 2.75) is 0 Å². The molecule has 0 bridgehead atoms. The van der Waals surface area contributed by atoms with Crippen molar-refractivity contribution in [3.05, 3.63) is 95.0 Å². The number of hydrogen-bond acceptors (Lipinski definition) is 3. The largest absolute Gasteiger partial charge is 0.289 e. The van der Waals surface area contributed by atoms with E-state index in [-0.39, 0.29) is 5.78 Å². The molecular weight excluding hydrogens is 308 g/mol. The maximum atomic E-state index is 12.6. The summed E-state index contributed by atoms with van der Waals surface area (Å²) in [5.41, 5.74) is 2.35. The van der Waals surface area contributed by atoms with Crippen molar-refractivity contribution in [2.75, 3.05) is 0 Å². The summed E-state index contributed by atoms with van der Waals surface area (Å²) in [4.78, 5) is 12.6. The van der Waals surface area contributed by atoms with Gasteiger partial charge in [0.05, 0.1) is 16.9 Å². The van der Waals surface area contributed by atoms with Crippen molar-refractivity contribution in [3.8, 4) is 0 Å². The number of ketones is 1. The molecule has 0 atom stereocenters. The lowest BCUT2D eigenvalue weighted by Crippen LogP contribution is -2.01. The summed E-state index contributed by atoms with van der Waals surface area (Å²) in [5, 5.41) is 8.99. The predicted molar refractivity (Wildman–Crippen MR) is 91.9 cm³/mol. The van der Waals surface area contributed by atoms with E-state index in [1.165, 1.54) is 0 Å².